The first-order chi connectivity index (χ1) is 6.29. The SMILES string of the molecule is C[SH](C)c1cccc2ncccc12. The van der Waals surface area contributed by atoms with Gasteiger partial charge in [0.25, 0.3) is 0 Å². The second-order valence-electron chi connectivity index (χ2n) is 3.24. The molecule has 0 spiro atoms. The van der Waals surface area contributed by atoms with E-state index < -0.39 is 0 Å². The van der Waals surface area contributed by atoms with Crippen molar-refractivity contribution >= 4 is 21.8 Å². The fraction of sp³-hybridized carbons (Fsp3) is 0.182. The third kappa shape index (κ3) is 1.54. The number of hydrogen-bond acceptors (Lipinski definition) is 1. The Balaban J connectivity index is 2.76. The van der Waals surface area contributed by atoms with Gasteiger partial charge >= 0.3 is 0 Å². The van der Waals surface area contributed by atoms with Crippen molar-refractivity contribution in [3.8, 4) is 0 Å². The molecule has 0 amide bonds. The fourth-order valence-corrected chi connectivity index (χ4v) is 2.53. The topological polar surface area (TPSA) is 12.9 Å². The summed E-state index contributed by atoms with van der Waals surface area (Å²) in [6, 6.07) is 10.5. The molecular formula is C11H13NS. The Labute approximate surface area is 81.2 Å². The number of hydrogen-bond donors (Lipinski definition) is 1. The lowest BCUT2D eigenvalue weighted by Gasteiger charge is -2.11. The zero-order valence-corrected chi connectivity index (χ0v) is 8.75. The van der Waals surface area contributed by atoms with Crippen LogP contribution >= 0.6 is 10.9 Å². The van der Waals surface area contributed by atoms with Crippen LogP contribution in [0.25, 0.3) is 10.9 Å². The maximum atomic E-state index is 4.33. The van der Waals surface area contributed by atoms with Crippen LogP contribution in [-0.4, -0.2) is 17.5 Å². The highest BCUT2D eigenvalue weighted by molar-refractivity contribution is 8.16. The maximum absolute atomic E-state index is 4.33. The summed E-state index contributed by atoms with van der Waals surface area (Å²) in [7, 11) is -0.0354. The van der Waals surface area contributed by atoms with Crippen LogP contribution in [0.4, 0.5) is 0 Å². The van der Waals surface area contributed by atoms with Crippen LogP contribution in [0.1, 0.15) is 0 Å². The van der Waals surface area contributed by atoms with Gasteiger partial charge in [0.15, 0.2) is 0 Å². The van der Waals surface area contributed by atoms with E-state index in [1.165, 1.54) is 10.3 Å². The van der Waals surface area contributed by atoms with Crippen LogP contribution in [-0.2, 0) is 0 Å². The number of aromatic nitrogens is 1. The highest BCUT2D eigenvalue weighted by atomic mass is 32.2. The van der Waals surface area contributed by atoms with Gasteiger partial charge in [-0.05, 0) is 35.6 Å². The molecular weight excluding hydrogens is 178 g/mol. The molecule has 13 heavy (non-hydrogen) atoms. The molecule has 1 aromatic heterocycles. The van der Waals surface area contributed by atoms with Crippen LogP contribution in [0.5, 0.6) is 0 Å². The van der Waals surface area contributed by atoms with Gasteiger partial charge in [-0.2, -0.15) is 0 Å². The third-order valence-electron chi connectivity index (χ3n) is 2.10. The molecule has 0 atom stereocenters. The van der Waals surface area contributed by atoms with Crippen LogP contribution in [0.2, 0.25) is 0 Å². The number of thiol groups is 1. The summed E-state index contributed by atoms with van der Waals surface area (Å²) in [5.74, 6) is 0. The van der Waals surface area contributed by atoms with Gasteiger partial charge in [-0.25, -0.2) is 10.9 Å². The lowest BCUT2D eigenvalue weighted by molar-refractivity contribution is 1.38. The molecule has 0 aliphatic carbocycles. The Morgan fingerprint density at radius 3 is 2.69 bits per heavy atom. The Morgan fingerprint density at radius 1 is 1.08 bits per heavy atom. The van der Waals surface area contributed by atoms with Gasteiger partial charge in [0.05, 0.1) is 5.52 Å². The summed E-state index contributed by atoms with van der Waals surface area (Å²) in [5.41, 5.74) is 1.11. The first-order valence-corrected chi connectivity index (χ1v) is 6.54. The Kier molecular flexibility index (Phi) is 2.23. The van der Waals surface area contributed by atoms with Crippen molar-refractivity contribution < 1.29 is 0 Å². The number of benzene rings is 1. The predicted octanol–water partition coefficient (Wildman–Crippen LogP) is 2.85. The van der Waals surface area contributed by atoms with Gasteiger partial charge in [-0.3, -0.25) is 4.98 Å². The van der Waals surface area contributed by atoms with Crippen molar-refractivity contribution in [2.75, 3.05) is 12.5 Å². The largest absolute Gasteiger partial charge is 0.256 e. The Morgan fingerprint density at radius 2 is 1.92 bits per heavy atom. The maximum Gasteiger partial charge on any atom is 0.0712 e. The van der Waals surface area contributed by atoms with E-state index in [1.807, 2.05) is 12.3 Å². The molecule has 0 fully saturated rings. The molecule has 0 aliphatic heterocycles. The van der Waals surface area contributed by atoms with Gasteiger partial charge in [-0.15, -0.1) is 0 Å². The summed E-state index contributed by atoms with van der Waals surface area (Å²) in [4.78, 5) is 5.78. The molecule has 0 saturated carbocycles. The van der Waals surface area contributed by atoms with E-state index in [1.54, 1.807) is 0 Å². The first-order valence-electron chi connectivity index (χ1n) is 4.30. The summed E-state index contributed by atoms with van der Waals surface area (Å²) in [5, 5.41) is 1.31. The molecule has 2 rings (SSSR count). The zero-order chi connectivity index (χ0) is 9.26. The minimum absolute atomic E-state index is 0.0354. The molecule has 2 heteroatoms. The number of pyridine rings is 1. The van der Waals surface area contributed by atoms with Crippen molar-refractivity contribution in [1.82, 2.24) is 4.98 Å². The smallest absolute Gasteiger partial charge is 0.0712 e. The van der Waals surface area contributed by atoms with Crippen LogP contribution in [0, 0.1) is 0 Å². The molecule has 68 valence electrons. The zero-order valence-electron chi connectivity index (χ0n) is 7.86. The van der Waals surface area contributed by atoms with E-state index in [0.717, 1.165) is 5.52 Å². The van der Waals surface area contributed by atoms with E-state index in [-0.39, 0.29) is 10.9 Å². The second-order valence-corrected chi connectivity index (χ2v) is 5.51. The van der Waals surface area contributed by atoms with E-state index >= 15 is 0 Å². The molecule has 0 bridgehead atoms. The van der Waals surface area contributed by atoms with Gasteiger partial charge in [-0.1, -0.05) is 12.1 Å². The fourth-order valence-electron chi connectivity index (χ4n) is 1.48. The van der Waals surface area contributed by atoms with Crippen LogP contribution < -0.4 is 0 Å². The van der Waals surface area contributed by atoms with Gasteiger partial charge < -0.3 is 0 Å². The molecule has 0 N–H and O–H groups in total. The highest BCUT2D eigenvalue weighted by Crippen LogP contribution is 2.33. The van der Waals surface area contributed by atoms with Crippen molar-refractivity contribution in [2.24, 2.45) is 0 Å². The second kappa shape index (κ2) is 3.38. The Bertz CT molecular complexity index is 418. The van der Waals surface area contributed by atoms with Gasteiger partial charge in [0, 0.05) is 11.6 Å². The quantitative estimate of drug-likeness (QED) is 0.684. The van der Waals surface area contributed by atoms with E-state index in [9.17, 15) is 0 Å². The van der Waals surface area contributed by atoms with Crippen molar-refractivity contribution in [2.45, 2.75) is 4.90 Å². The summed E-state index contributed by atoms with van der Waals surface area (Å²) < 4.78 is 0. The van der Waals surface area contributed by atoms with E-state index in [2.05, 4.69) is 41.8 Å². The van der Waals surface area contributed by atoms with Gasteiger partial charge in [0.1, 0.15) is 0 Å². The van der Waals surface area contributed by atoms with Crippen LogP contribution in [0.3, 0.4) is 0 Å². The molecule has 1 heterocycles. The van der Waals surface area contributed by atoms with Crippen molar-refractivity contribution in [3.63, 3.8) is 0 Å². The molecule has 0 radical (unpaired) electrons. The summed E-state index contributed by atoms with van der Waals surface area (Å²) in [6.45, 7) is 0. The molecule has 1 aromatic carbocycles. The van der Waals surface area contributed by atoms with Crippen molar-refractivity contribution in [1.29, 1.82) is 0 Å². The minimum atomic E-state index is -0.0354. The monoisotopic (exact) mass is 191 g/mol. The average molecular weight is 191 g/mol. The summed E-state index contributed by atoms with van der Waals surface area (Å²) >= 11 is 0. The number of nitrogens with zero attached hydrogens (tertiary/aromatic N) is 1. The molecule has 0 unspecified atom stereocenters. The molecule has 1 nitrogen and oxygen atoms in total. The van der Waals surface area contributed by atoms with Crippen LogP contribution in [0.15, 0.2) is 41.4 Å². The number of rotatable bonds is 1. The molecule has 2 aromatic rings. The lowest BCUT2D eigenvalue weighted by Crippen LogP contribution is -1.83. The normalized spacial score (nSPS) is 11.7. The highest BCUT2D eigenvalue weighted by Gasteiger charge is 2.01. The minimum Gasteiger partial charge on any atom is -0.256 e. The first kappa shape index (κ1) is 8.57. The predicted molar refractivity (Wildman–Crippen MR) is 60.8 cm³/mol. The number of fused-ring (bicyclic) bond motifs is 1. The molecule has 0 saturated heterocycles. The Hall–Kier alpha value is -1.02. The van der Waals surface area contributed by atoms with Crippen molar-refractivity contribution in [3.05, 3.63) is 36.5 Å². The molecule has 0 aliphatic rings. The van der Waals surface area contributed by atoms with E-state index in [0.29, 0.717) is 0 Å². The standard InChI is InChI=1S/C11H13NS/c1-13(2)11-7-3-6-10-9(11)5-4-8-12-10/h3-8,13H,1-2H3. The van der Waals surface area contributed by atoms with Gasteiger partial charge in [0.2, 0.25) is 0 Å². The van der Waals surface area contributed by atoms with E-state index in [4.69, 9.17) is 0 Å². The summed E-state index contributed by atoms with van der Waals surface area (Å²) in [6.07, 6.45) is 6.40. The average Bonchev–Trinajstić information content (AvgIpc) is 2.17. The lowest BCUT2D eigenvalue weighted by atomic mass is 10.2. The third-order valence-corrected chi connectivity index (χ3v) is 3.46.